The van der Waals surface area contributed by atoms with Crippen molar-refractivity contribution in [3.63, 3.8) is 0 Å². The second kappa shape index (κ2) is 6.15. The van der Waals surface area contributed by atoms with Crippen LogP contribution in [0.2, 0.25) is 0 Å². The molecule has 0 fully saturated rings. The van der Waals surface area contributed by atoms with Crippen LogP contribution in [0.1, 0.15) is 40.3 Å². The molecule has 19 heavy (non-hydrogen) atoms. The molecule has 0 aliphatic carbocycles. The molecule has 0 unspecified atom stereocenters. The number of nitrogens with zero attached hydrogens (tertiary/aromatic N) is 1. The summed E-state index contributed by atoms with van der Waals surface area (Å²) in [5, 5.41) is 6.21. The second-order valence-corrected chi connectivity index (χ2v) is 6.54. The fraction of sp³-hybridized carbons (Fsp3) is 0.600. The Bertz CT molecular complexity index is 407. The molecule has 0 saturated carbocycles. The standard InChI is InChI=1S/C15H25N3O/c1-14(2,3)11-17-13(19)15(4,5)18-10-12-8-6-7-9-16-12/h6-9,18H,10-11H2,1-5H3,(H,17,19). The molecular formula is C15H25N3O. The molecule has 0 aliphatic heterocycles. The van der Waals surface area contributed by atoms with Gasteiger partial charge in [-0.25, -0.2) is 0 Å². The van der Waals surface area contributed by atoms with E-state index in [2.05, 4.69) is 36.4 Å². The monoisotopic (exact) mass is 263 g/mol. The first kappa shape index (κ1) is 15.6. The van der Waals surface area contributed by atoms with Gasteiger partial charge in [0.05, 0.1) is 11.2 Å². The number of hydrogen-bond donors (Lipinski definition) is 2. The van der Waals surface area contributed by atoms with Crippen molar-refractivity contribution in [2.45, 2.75) is 46.7 Å². The van der Waals surface area contributed by atoms with Crippen LogP contribution in [0, 0.1) is 5.41 Å². The van der Waals surface area contributed by atoms with E-state index in [-0.39, 0.29) is 11.3 Å². The first-order valence-electron chi connectivity index (χ1n) is 6.64. The number of carbonyl (C=O) groups is 1. The van der Waals surface area contributed by atoms with E-state index in [0.29, 0.717) is 13.1 Å². The maximum Gasteiger partial charge on any atom is 0.239 e. The van der Waals surface area contributed by atoms with Gasteiger partial charge in [-0.05, 0) is 31.4 Å². The molecule has 0 atom stereocenters. The zero-order valence-electron chi connectivity index (χ0n) is 12.6. The number of rotatable bonds is 5. The van der Waals surface area contributed by atoms with Gasteiger partial charge < -0.3 is 5.32 Å². The fourth-order valence-corrected chi connectivity index (χ4v) is 1.46. The highest BCUT2D eigenvalue weighted by molar-refractivity contribution is 5.85. The molecule has 1 amide bonds. The van der Waals surface area contributed by atoms with Crippen molar-refractivity contribution >= 4 is 5.91 Å². The molecule has 0 aliphatic rings. The lowest BCUT2D eigenvalue weighted by atomic mass is 9.96. The molecule has 106 valence electrons. The summed E-state index contributed by atoms with van der Waals surface area (Å²) < 4.78 is 0. The number of amides is 1. The Balaban J connectivity index is 2.48. The lowest BCUT2D eigenvalue weighted by Gasteiger charge is -2.27. The van der Waals surface area contributed by atoms with E-state index in [1.807, 2.05) is 32.0 Å². The minimum absolute atomic E-state index is 0.0124. The molecule has 2 N–H and O–H groups in total. The van der Waals surface area contributed by atoms with Gasteiger partial charge in [-0.3, -0.25) is 15.1 Å². The fourth-order valence-electron chi connectivity index (χ4n) is 1.46. The van der Waals surface area contributed by atoms with Gasteiger partial charge >= 0.3 is 0 Å². The van der Waals surface area contributed by atoms with Gasteiger partial charge in [0.25, 0.3) is 0 Å². The van der Waals surface area contributed by atoms with Gasteiger partial charge in [-0.15, -0.1) is 0 Å². The van der Waals surface area contributed by atoms with E-state index in [9.17, 15) is 4.79 Å². The average molecular weight is 263 g/mol. The van der Waals surface area contributed by atoms with Crippen LogP contribution >= 0.6 is 0 Å². The highest BCUT2D eigenvalue weighted by Crippen LogP contribution is 2.12. The highest BCUT2D eigenvalue weighted by atomic mass is 16.2. The van der Waals surface area contributed by atoms with Crippen LogP contribution in [0.15, 0.2) is 24.4 Å². The summed E-state index contributed by atoms with van der Waals surface area (Å²) in [7, 11) is 0. The largest absolute Gasteiger partial charge is 0.354 e. The van der Waals surface area contributed by atoms with E-state index in [1.54, 1.807) is 6.20 Å². The summed E-state index contributed by atoms with van der Waals surface area (Å²) in [5.74, 6) is 0.0124. The van der Waals surface area contributed by atoms with E-state index < -0.39 is 5.54 Å². The normalized spacial score (nSPS) is 12.3. The van der Waals surface area contributed by atoms with Crippen LogP contribution in [0.3, 0.4) is 0 Å². The minimum atomic E-state index is -0.608. The summed E-state index contributed by atoms with van der Waals surface area (Å²) in [6, 6.07) is 5.76. The Morgan fingerprint density at radius 1 is 1.21 bits per heavy atom. The van der Waals surface area contributed by atoms with Crippen molar-refractivity contribution in [1.82, 2.24) is 15.6 Å². The molecule has 0 bridgehead atoms. The number of hydrogen-bond acceptors (Lipinski definition) is 3. The first-order chi connectivity index (χ1) is 8.71. The van der Waals surface area contributed by atoms with Gasteiger partial charge in [0.15, 0.2) is 0 Å². The van der Waals surface area contributed by atoms with Gasteiger partial charge in [0.2, 0.25) is 5.91 Å². The third kappa shape index (κ3) is 5.83. The predicted molar refractivity (Wildman–Crippen MR) is 77.6 cm³/mol. The van der Waals surface area contributed by atoms with Gasteiger partial charge in [-0.2, -0.15) is 0 Å². The predicted octanol–water partition coefficient (Wildman–Crippen LogP) is 2.11. The van der Waals surface area contributed by atoms with Crippen molar-refractivity contribution in [2.75, 3.05) is 6.54 Å². The SMILES string of the molecule is CC(C)(C)CNC(=O)C(C)(C)NCc1ccccn1. The lowest BCUT2D eigenvalue weighted by Crippen LogP contribution is -2.53. The van der Waals surface area contributed by atoms with Gasteiger partial charge in [-0.1, -0.05) is 26.8 Å². The first-order valence-corrected chi connectivity index (χ1v) is 6.64. The summed E-state index contributed by atoms with van der Waals surface area (Å²) in [6.45, 7) is 11.3. The third-order valence-corrected chi connectivity index (χ3v) is 2.78. The molecule has 0 spiro atoms. The van der Waals surface area contributed by atoms with Gasteiger partial charge in [0, 0.05) is 19.3 Å². The van der Waals surface area contributed by atoms with Crippen molar-refractivity contribution in [3.05, 3.63) is 30.1 Å². The van der Waals surface area contributed by atoms with E-state index >= 15 is 0 Å². The molecule has 1 aromatic rings. The molecule has 4 heteroatoms. The van der Waals surface area contributed by atoms with Crippen LogP contribution in [-0.4, -0.2) is 23.0 Å². The minimum Gasteiger partial charge on any atom is -0.354 e. The highest BCUT2D eigenvalue weighted by Gasteiger charge is 2.27. The second-order valence-electron chi connectivity index (χ2n) is 6.54. The maximum absolute atomic E-state index is 12.1. The number of nitrogens with one attached hydrogen (secondary N) is 2. The summed E-state index contributed by atoms with van der Waals surface area (Å²) in [5.41, 5.74) is 0.411. The number of carbonyl (C=O) groups excluding carboxylic acids is 1. The van der Waals surface area contributed by atoms with Crippen LogP contribution in [0.4, 0.5) is 0 Å². The van der Waals surface area contributed by atoms with Crippen LogP contribution < -0.4 is 10.6 Å². The van der Waals surface area contributed by atoms with Crippen molar-refractivity contribution in [3.8, 4) is 0 Å². The van der Waals surface area contributed by atoms with Crippen LogP contribution in [0.25, 0.3) is 0 Å². The maximum atomic E-state index is 12.1. The lowest BCUT2D eigenvalue weighted by molar-refractivity contribution is -0.126. The Hall–Kier alpha value is -1.42. The molecule has 1 aromatic heterocycles. The van der Waals surface area contributed by atoms with E-state index in [1.165, 1.54) is 0 Å². The van der Waals surface area contributed by atoms with Crippen molar-refractivity contribution in [1.29, 1.82) is 0 Å². The summed E-state index contributed by atoms with van der Waals surface area (Å²) >= 11 is 0. The topological polar surface area (TPSA) is 54.0 Å². The van der Waals surface area contributed by atoms with E-state index in [4.69, 9.17) is 0 Å². The van der Waals surface area contributed by atoms with Crippen LogP contribution in [-0.2, 0) is 11.3 Å². The molecule has 0 aromatic carbocycles. The van der Waals surface area contributed by atoms with Crippen LogP contribution in [0.5, 0.6) is 0 Å². The Kier molecular flexibility index (Phi) is 5.06. The Morgan fingerprint density at radius 3 is 2.42 bits per heavy atom. The number of aromatic nitrogens is 1. The average Bonchev–Trinajstić information content (AvgIpc) is 2.34. The molecule has 0 radical (unpaired) electrons. The van der Waals surface area contributed by atoms with E-state index in [0.717, 1.165) is 5.69 Å². The molecule has 0 saturated heterocycles. The third-order valence-electron chi connectivity index (χ3n) is 2.78. The Morgan fingerprint density at radius 2 is 1.89 bits per heavy atom. The molecular weight excluding hydrogens is 238 g/mol. The van der Waals surface area contributed by atoms with Gasteiger partial charge in [0.1, 0.15) is 0 Å². The van der Waals surface area contributed by atoms with Crippen molar-refractivity contribution < 1.29 is 4.79 Å². The quantitative estimate of drug-likeness (QED) is 0.855. The summed E-state index contributed by atoms with van der Waals surface area (Å²) in [4.78, 5) is 16.4. The number of pyridine rings is 1. The molecule has 4 nitrogen and oxygen atoms in total. The zero-order chi connectivity index (χ0) is 14.5. The zero-order valence-corrected chi connectivity index (χ0v) is 12.6. The molecule has 1 rings (SSSR count). The molecule has 1 heterocycles. The Labute approximate surface area is 116 Å². The van der Waals surface area contributed by atoms with Crippen molar-refractivity contribution in [2.24, 2.45) is 5.41 Å². The summed E-state index contributed by atoms with van der Waals surface area (Å²) in [6.07, 6.45) is 1.75. The smallest absolute Gasteiger partial charge is 0.239 e.